The largest absolute Gasteiger partial charge is 0.465 e. The number of hydrogen-bond donors (Lipinski definition) is 2. The first-order valence-corrected chi connectivity index (χ1v) is 7.07. The molecule has 1 aromatic carbocycles. The predicted molar refractivity (Wildman–Crippen MR) is 75.5 cm³/mol. The van der Waals surface area contributed by atoms with Crippen molar-refractivity contribution < 1.29 is 23.5 Å². The van der Waals surface area contributed by atoms with Gasteiger partial charge in [0.05, 0.1) is 0 Å². The smallest absolute Gasteiger partial charge is 0.407 e. The quantitative estimate of drug-likeness (QED) is 0.900. The number of hydrogen-bond acceptors (Lipinski definition) is 2. The van der Waals surface area contributed by atoms with E-state index in [-0.39, 0.29) is 24.8 Å². The van der Waals surface area contributed by atoms with Gasteiger partial charge in [0.25, 0.3) is 0 Å². The van der Waals surface area contributed by atoms with Gasteiger partial charge in [-0.1, -0.05) is 6.07 Å². The van der Waals surface area contributed by atoms with Gasteiger partial charge in [-0.15, -0.1) is 0 Å². The molecule has 0 aliphatic carbocycles. The lowest BCUT2D eigenvalue weighted by Gasteiger charge is -2.37. The Kier molecular flexibility index (Phi) is 4.95. The van der Waals surface area contributed by atoms with Crippen LogP contribution in [0.15, 0.2) is 18.2 Å². The fourth-order valence-electron chi connectivity index (χ4n) is 2.88. The van der Waals surface area contributed by atoms with E-state index in [1.54, 1.807) is 0 Å². The van der Waals surface area contributed by atoms with Crippen LogP contribution in [0.3, 0.4) is 0 Å². The summed E-state index contributed by atoms with van der Waals surface area (Å²) in [5.74, 6) is -2.17. The average molecular weight is 312 g/mol. The van der Waals surface area contributed by atoms with Crippen LogP contribution in [0.25, 0.3) is 0 Å². The maximum absolute atomic E-state index is 13.4. The number of carbonyl (C=O) groups is 2. The Labute approximate surface area is 126 Å². The molecule has 5 nitrogen and oxygen atoms in total. The zero-order valence-electron chi connectivity index (χ0n) is 12.2. The monoisotopic (exact) mass is 312 g/mol. The number of carboxylic acid groups (broad SMARTS) is 1. The van der Waals surface area contributed by atoms with E-state index in [0.717, 1.165) is 12.1 Å². The highest BCUT2D eigenvalue weighted by atomic mass is 19.2. The first-order valence-electron chi connectivity index (χ1n) is 7.07. The van der Waals surface area contributed by atoms with Crippen LogP contribution in [0, 0.1) is 11.6 Å². The number of likely N-dealkylation sites (tertiary alicyclic amines) is 1. The molecule has 0 radical (unpaired) electrons. The molecule has 2 rings (SSSR count). The minimum Gasteiger partial charge on any atom is -0.465 e. The molecule has 7 heteroatoms. The minimum atomic E-state index is -1.07. The van der Waals surface area contributed by atoms with E-state index in [4.69, 9.17) is 0 Å². The van der Waals surface area contributed by atoms with Gasteiger partial charge in [0.15, 0.2) is 11.6 Å². The lowest BCUT2D eigenvalue weighted by Crippen LogP contribution is -2.47. The van der Waals surface area contributed by atoms with E-state index in [1.165, 1.54) is 18.0 Å². The van der Waals surface area contributed by atoms with Crippen molar-refractivity contribution in [3.63, 3.8) is 0 Å². The Morgan fingerprint density at radius 3 is 2.68 bits per heavy atom. The molecule has 2 amide bonds. The number of benzene rings is 1. The normalized spacial score (nSPS) is 21.5. The van der Waals surface area contributed by atoms with Gasteiger partial charge in [0, 0.05) is 26.1 Å². The summed E-state index contributed by atoms with van der Waals surface area (Å²) in [7, 11) is 1.49. The SMILES string of the molecule is CNC(=O)CC1CC(c2ccc(F)c(F)c2)CCN1C(=O)O. The van der Waals surface area contributed by atoms with Crippen LogP contribution >= 0.6 is 0 Å². The van der Waals surface area contributed by atoms with Crippen LogP contribution in [-0.4, -0.2) is 41.6 Å². The standard InChI is InChI=1S/C15H18F2N2O3/c1-18-14(20)8-11-6-10(4-5-19(11)15(21)22)9-2-3-12(16)13(17)7-9/h2-3,7,10-11H,4-6,8H2,1H3,(H,18,20)(H,21,22). The highest BCUT2D eigenvalue weighted by molar-refractivity contribution is 5.77. The molecule has 1 aliphatic rings. The third-order valence-corrected chi connectivity index (χ3v) is 4.08. The Hall–Kier alpha value is -2.18. The average Bonchev–Trinajstić information content (AvgIpc) is 2.49. The second kappa shape index (κ2) is 6.72. The summed E-state index contributed by atoms with van der Waals surface area (Å²) in [6, 6.07) is 3.26. The number of piperidine rings is 1. The van der Waals surface area contributed by atoms with Crippen molar-refractivity contribution in [1.82, 2.24) is 10.2 Å². The van der Waals surface area contributed by atoms with Gasteiger partial charge in [-0.05, 0) is 36.5 Å². The lowest BCUT2D eigenvalue weighted by molar-refractivity contribution is -0.121. The van der Waals surface area contributed by atoms with E-state index >= 15 is 0 Å². The van der Waals surface area contributed by atoms with Crippen LogP contribution in [0.4, 0.5) is 13.6 Å². The van der Waals surface area contributed by atoms with Gasteiger partial charge in [0.2, 0.25) is 5.91 Å². The van der Waals surface area contributed by atoms with Gasteiger partial charge in [-0.25, -0.2) is 13.6 Å². The second-order valence-electron chi connectivity index (χ2n) is 5.40. The van der Waals surface area contributed by atoms with Crippen LogP contribution in [-0.2, 0) is 4.79 Å². The highest BCUT2D eigenvalue weighted by Gasteiger charge is 2.33. The zero-order chi connectivity index (χ0) is 16.3. The molecular weight excluding hydrogens is 294 g/mol. The Bertz CT molecular complexity index is 580. The fraction of sp³-hybridized carbons (Fsp3) is 0.467. The predicted octanol–water partition coefficient (Wildman–Crippen LogP) is 2.33. The van der Waals surface area contributed by atoms with Gasteiger partial charge >= 0.3 is 6.09 Å². The second-order valence-corrected chi connectivity index (χ2v) is 5.40. The molecule has 0 saturated carbocycles. The third kappa shape index (κ3) is 3.52. The Morgan fingerprint density at radius 2 is 2.09 bits per heavy atom. The molecule has 22 heavy (non-hydrogen) atoms. The Morgan fingerprint density at radius 1 is 1.36 bits per heavy atom. The van der Waals surface area contributed by atoms with E-state index in [2.05, 4.69) is 5.32 Å². The van der Waals surface area contributed by atoms with Crippen molar-refractivity contribution in [3.8, 4) is 0 Å². The summed E-state index contributed by atoms with van der Waals surface area (Å²) in [6.07, 6.45) is -0.0901. The number of amides is 2. The summed E-state index contributed by atoms with van der Waals surface area (Å²) in [5, 5.41) is 11.7. The van der Waals surface area contributed by atoms with Crippen molar-refractivity contribution in [2.24, 2.45) is 0 Å². The van der Waals surface area contributed by atoms with Crippen molar-refractivity contribution in [3.05, 3.63) is 35.4 Å². The van der Waals surface area contributed by atoms with Crippen molar-refractivity contribution >= 4 is 12.0 Å². The highest BCUT2D eigenvalue weighted by Crippen LogP contribution is 2.33. The summed E-state index contributed by atoms with van der Waals surface area (Å²) in [5.41, 5.74) is 0.630. The maximum atomic E-state index is 13.4. The maximum Gasteiger partial charge on any atom is 0.407 e. The van der Waals surface area contributed by atoms with Crippen LogP contribution in [0.5, 0.6) is 0 Å². The molecule has 1 aliphatic heterocycles. The topological polar surface area (TPSA) is 69.6 Å². The molecule has 1 saturated heterocycles. The molecular formula is C15H18F2N2O3. The molecule has 2 N–H and O–H groups in total. The summed E-state index contributed by atoms with van der Waals surface area (Å²) < 4.78 is 26.4. The van der Waals surface area contributed by atoms with E-state index in [9.17, 15) is 23.5 Å². The molecule has 2 unspecified atom stereocenters. The molecule has 0 spiro atoms. The minimum absolute atomic E-state index is 0.0585. The van der Waals surface area contributed by atoms with Gasteiger partial charge in [0.1, 0.15) is 0 Å². The summed E-state index contributed by atoms with van der Waals surface area (Å²) in [4.78, 5) is 24.1. The number of carbonyl (C=O) groups excluding carboxylic acids is 1. The number of nitrogens with one attached hydrogen (secondary N) is 1. The van der Waals surface area contributed by atoms with E-state index < -0.39 is 23.8 Å². The van der Waals surface area contributed by atoms with Crippen molar-refractivity contribution in [2.45, 2.75) is 31.2 Å². The van der Waals surface area contributed by atoms with Gasteiger partial charge < -0.3 is 15.3 Å². The molecule has 1 aromatic rings. The van der Waals surface area contributed by atoms with E-state index in [1.807, 2.05) is 0 Å². The fourth-order valence-corrected chi connectivity index (χ4v) is 2.88. The van der Waals surface area contributed by atoms with Crippen molar-refractivity contribution in [2.75, 3.05) is 13.6 Å². The van der Waals surface area contributed by atoms with Gasteiger partial charge in [-0.3, -0.25) is 4.79 Å². The number of nitrogens with zero attached hydrogens (tertiary/aromatic N) is 1. The molecule has 1 heterocycles. The lowest BCUT2D eigenvalue weighted by atomic mass is 9.84. The van der Waals surface area contributed by atoms with Gasteiger partial charge in [-0.2, -0.15) is 0 Å². The molecule has 120 valence electrons. The summed E-state index contributed by atoms with van der Waals surface area (Å²) >= 11 is 0. The van der Waals surface area contributed by atoms with Crippen LogP contribution < -0.4 is 5.32 Å². The Balaban J connectivity index is 2.17. The number of halogens is 2. The first kappa shape index (κ1) is 16.2. The first-order chi connectivity index (χ1) is 10.4. The van der Waals surface area contributed by atoms with E-state index in [0.29, 0.717) is 18.4 Å². The van der Waals surface area contributed by atoms with Crippen molar-refractivity contribution in [1.29, 1.82) is 0 Å². The number of rotatable bonds is 3. The molecule has 1 fully saturated rings. The zero-order valence-corrected chi connectivity index (χ0v) is 12.2. The summed E-state index contributed by atoms with van der Waals surface area (Å²) in [6.45, 7) is 0.265. The molecule has 0 bridgehead atoms. The van der Waals surface area contributed by atoms with Crippen LogP contribution in [0.2, 0.25) is 0 Å². The molecule has 0 aromatic heterocycles. The van der Waals surface area contributed by atoms with Crippen LogP contribution in [0.1, 0.15) is 30.7 Å². The third-order valence-electron chi connectivity index (χ3n) is 4.08. The molecule has 2 atom stereocenters.